The third-order valence-corrected chi connectivity index (χ3v) is 5.12. The van der Waals surface area contributed by atoms with Crippen LogP contribution in [0, 0.1) is 0 Å². The number of benzene rings is 2. The zero-order chi connectivity index (χ0) is 18.4. The Kier molecular flexibility index (Phi) is 6.32. The number of aryl methyl sites for hydroxylation is 2. The number of ether oxygens (including phenoxy) is 1. The number of hydrogen-bond donors (Lipinski definition) is 1. The van der Waals surface area contributed by atoms with Crippen LogP contribution in [0.3, 0.4) is 0 Å². The molecule has 0 fully saturated rings. The molecule has 2 atom stereocenters. The zero-order valence-electron chi connectivity index (χ0n) is 15.8. The van der Waals surface area contributed by atoms with Gasteiger partial charge in [0.25, 0.3) is 5.91 Å². The first-order chi connectivity index (χ1) is 12.6. The smallest absolute Gasteiger partial charge is 0.260 e. The summed E-state index contributed by atoms with van der Waals surface area (Å²) in [6, 6.07) is 16.7. The molecule has 0 bridgehead atoms. The van der Waals surface area contributed by atoms with Crippen molar-refractivity contribution in [2.75, 3.05) is 0 Å². The first-order valence-corrected chi connectivity index (χ1v) is 9.75. The molecule has 0 aliphatic heterocycles. The van der Waals surface area contributed by atoms with Crippen molar-refractivity contribution in [3.05, 3.63) is 65.2 Å². The Morgan fingerprint density at radius 1 is 1.04 bits per heavy atom. The van der Waals surface area contributed by atoms with Gasteiger partial charge in [-0.05, 0) is 75.1 Å². The quantitative estimate of drug-likeness (QED) is 0.799. The van der Waals surface area contributed by atoms with Gasteiger partial charge in [0.1, 0.15) is 5.75 Å². The average Bonchev–Trinajstić information content (AvgIpc) is 2.67. The molecule has 138 valence electrons. The maximum atomic E-state index is 12.5. The summed E-state index contributed by atoms with van der Waals surface area (Å²) >= 11 is 0. The Bertz CT molecular complexity index is 726. The van der Waals surface area contributed by atoms with Gasteiger partial charge in [-0.25, -0.2) is 0 Å². The lowest BCUT2D eigenvalue weighted by Gasteiger charge is -2.23. The Hall–Kier alpha value is -2.29. The molecule has 26 heavy (non-hydrogen) atoms. The van der Waals surface area contributed by atoms with Gasteiger partial charge in [0.05, 0.1) is 0 Å². The van der Waals surface area contributed by atoms with Crippen LogP contribution >= 0.6 is 0 Å². The molecule has 3 nitrogen and oxygen atoms in total. The predicted molar refractivity (Wildman–Crippen MR) is 106 cm³/mol. The second kappa shape index (κ2) is 8.88. The van der Waals surface area contributed by atoms with E-state index in [1.807, 2.05) is 25.1 Å². The van der Waals surface area contributed by atoms with E-state index >= 15 is 0 Å². The molecule has 3 heteroatoms. The molecule has 0 spiro atoms. The molecular weight excluding hydrogens is 322 g/mol. The van der Waals surface area contributed by atoms with E-state index in [0.29, 0.717) is 0 Å². The third kappa shape index (κ3) is 4.87. The highest BCUT2D eigenvalue weighted by Crippen LogP contribution is 2.30. The molecule has 2 aromatic rings. The molecule has 1 aliphatic rings. The summed E-state index contributed by atoms with van der Waals surface area (Å²) < 4.78 is 6.03. The Balaban J connectivity index is 1.51. The van der Waals surface area contributed by atoms with Crippen LogP contribution in [0.2, 0.25) is 0 Å². The van der Waals surface area contributed by atoms with Gasteiger partial charge in [-0.1, -0.05) is 42.5 Å². The molecule has 2 aromatic carbocycles. The highest BCUT2D eigenvalue weighted by Gasteiger charge is 2.20. The monoisotopic (exact) mass is 351 g/mol. The topological polar surface area (TPSA) is 38.3 Å². The van der Waals surface area contributed by atoms with Gasteiger partial charge in [-0.2, -0.15) is 0 Å². The van der Waals surface area contributed by atoms with E-state index < -0.39 is 6.10 Å². The molecule has 1 aliphatic carbocycles. The molecule has 0 radical (unpaired) electrons. The van der Waals surface area contributed by atoms with Crippen LogP contribution in [-0.4, -0.2) is 18.1 Å². The van der Waals surface area contributed by atoms with E-state index in [-0.39, 0.29) is 11.9 Å². The lowest BCUT2D eigenvalue weighted by molar-refractivity contribution is -0.127. The van der Waals surface area contributed by atoms with Crippen LogP contribution in [0.1, 0.15) is 49.8 Å². The van der Waals surface area contributed by atoms with E-state index in [4.69, 9.17) is 4.74 Å². The van der Waals surface area contributed by atoms with Crippen LogP contribution in [0.4, 0.5) is 0 Å². The van der Waals surface area contributed by atoms with E-state index in [2.05, 4.69) is 42.6 Å². The van der Waals surface area contributed by atoms with E-state index in [0.717, 1.165) is 31.4 Å². The molecule has 0 saturated heterocycles. The number of carbonyl (C=O) groups is 1. The fourth-order valence-corrected chi connectivity index (χ4v) is 3.56. The molecule has 0 heterocycles. The molecule has 0 unspecified atom stereocenters. The second-order valence-corrected chi connectivity index (χ2v) is 7.29. The largest absolute Gasteiger partial charge is 0.481 e. The van der Waals surface area contributed by atoms with E-state index in [9.17, 15) is 4.79 Å². The average molecular weight is 351 g/mol. The summed E-state index contributed by atoms with van der Waals surface area (Å²) in [6.45, 7) is 3.89. The Morgan fingerprint density at radius 2 is 1.81 bits per heavy atom. The maximum Gasteiger partial charge on any atom is 0.260 e. The van der Waals surface area contributed by atoms with Crippen LogP contribution in [-0.2, 0) is 24.1 Å². The molecular formula is C23H29NO2. The summed E-state index contributed by atoms with van der Waals surface area (Å²) in [4.78, 5) is 12.5. The summed E-state index contributed by atoms with van der Waals surface area (Å²) in [6.07, 6.45) is 6.00. The molecule has 1 N–H and O–H groups in total. The molecule has 0 saturated carbocycles. The van der Waals surface area contributed by atoms with Gasteiger partial charge in [-0.15, -0.1) is 0 Å². The number of amides is 1. The number of rotatable bonds is 7. The summed E-state index contributed by atoms with van der Waals surface area (Å²) in [5.41, 5.74) is 3.96. The van der Waals surface area contributed by atoms with Crippen molar-refractivity contribution in [2.24, 2.45) is 0 Å². The fourth-order valence-electron chi connectivity index (χ4n) is 3.56. The summed E-state index contributed by atoms with van der Waals surface area (Å²) in [7, 11) is 0. The molecule has 3 rings (SSSR count). The molecule has 0 aromatic heterocycles. The van der Waals surface area contributed by atoms with Gasteiger partial charge in [0.15, 0.2) is 6.10 Å². The molecule has 1 amide bonds. The third-order valence-electron chi connectivity index (χ3n) is 5.12. The number of fused-ring (bicyclic) bond motifs is 1. The van der Waals surface area contributed by atoms with Crippen molar-refractivity contribution >= 4 is 5.91 Å². The predicted octanol–water partition coefficient (Wildman–Crippen LogP) is 4.47. The van der Waals surface area contributed by atoms with Crippen LogP contribution in [0.25, 0.3) is 0 Å². The van der Waals surface area contributed by atoms with Crippen molar-refractivity contribution < 1.29 is 9.53 Å². The highest BCUT2D eigenvalue weighted by atomic mass is 16.5. The van der Waals surface area contributed by atoms with Crippen LogP contribution in [0.15, 0.2) is 48.5 Å². The van der Waals surface area contributed by atoms with Crippen LogP contribution in [0.5, 0.6) is 5.75 Å². The van der Waals surface area contributed by atoms with Crippen LogP contribution < -0.4 is 10.1 Å². The number of carbonyl (C=O) groups excluding carboxylic acids is 1. The maximum absolute atomic E-state index is 12.5. The lowest BCUT2D eigenvalue weighted by Crippen LogP contribution is -2.41. The van der Waals surface area contributed by atoms with Crippen molar-refractivity contribution in [3.63, 3.8) is 0 Å². The minimum absolute atomic E-state index is 0.0426. The van der Waals surface area contributed by atoms with Crippen molar-refractivity contribution in [1.82, 2.24) is 5.32 Å². The van der Waals surface area contributed by atoms with Crippen molar-refractivity contribution in [1.29, 1.82) is 0 Å². The fraction of sp³-hybridized carbons (Fsp3) is 0.435. The first kappa shape index (κ1) is 18.5. The van der Waals surface area contributed by atoms with Crippen molar-refractivity contribution in [2.45, 2.75) is 64.5 Å². The lowest BCUT2D eigenvalue weighted by atomic mass is 9.91. The SMILES string of the molecule is C[C@@H](CCc1ccccc1)NC(=O)[C@@H](C)Oc1cccc2c1CCCC2. The van der Waals surface area contributed by atoms with Gasteiger partial charge in [0.2, 0.25) is 0 Å². The Morgan fingerprint density at radius 3 is 2.62 bits per heavy atom. The Labute approximate surface area is 156 Å². The zero-order valence-corrected chi connectivity index (χ0v) is 15.8. The van der Waals surface area contributed by atoms with Gasteiger partial charge in [-0.3, -0.25) is 4.79 Å². The number of hydrogen-bond acceptors (Lipinski definition) is 2. The first-order valence-electron chi connectivity index (χ1n) is 9.75. The normalized spacial score (nSPS) is 15.6. The van der Waals surface area contributed by atoms with E-state index in [1.165, 1.54) is 29.5 Å². The summed E-state index contributed by atoms with van der Waals surface area (Å²) in [5.74, 6) is 0.834. The minimum Gasteiger partial charge on any atom is -0.481 e. The standard InChI is InChI=1S/C23H29NO2/c1-17(15-16-19-9-4-3-5-10-19)24-23(25)18(2)26-22-14-8-12-20-11-6-7-13-21(20)22/h3-5,8-10,12,14,17-18H,6-7,11,13,15-16H2,1-2H3,(H,24,25)/t17-,18+/m0/s1. The van der Waals surface area contributed by atoms with Gasteiger partial charge in [0, 0.05) is 6.04 Å². The minimum atomic E-state index is -0.484. The second-order valence-electron chi connectivity index (χ2n) is 7.29. The number of nitrogens with one attached hydrogen (secondary N) is 1. The van der Waals surface area contributed by atoms with Gasteiger partial charge >= 0.3 is 0 Å². The highest BCUT2D eigenvalue weighted by molar-refractivity contribution is 5.81. The van der Waals surface area contributed by atoms with E-state index in [1.54, 1.807) is 0 Å². The summed E-state index contributed by atoms with van der Waals surface area (Å²) in [5, 5.41) is 3.09. The van der Waals surface area contributed by atoms with Gasteiger partial charge < -0.3 is 10.1 Å². The van der Waals surface area contributed by atoms with Crippen molar-refractivity contribution in [3.8, 4) is 5.75 Å².